The summed E-state index contributed by atoms with van der Waals surface area (Å²) in [6.07, 6.45) is 0. The Morgan fingerprint density at radius 3 is 2.37 bits per heavy atom. The van der Waals surface area contributed by atoms with Crippen LogP contribution in [0.4, 0.5) is 5.69 Å². The second-order valence-electron chi connectivity index (χ2n) is 5.81. The van der Waals surface area contributed by atoms with Crippen LogP contribution in [-0.4, -0.2) is 25.7 Å². The number of carbonyl (C=O) groups excluding carboxylic acids is 1. The smallest absolute Gasteiger partial charge is 0.331 e. The maximum Gasteiger partial charge on any atom is 0.331 e. The van der Waals surface area contributed by atoms with Crippen molar-refractivity contribution >= 4 is 11.7 Å². The van der Waals surface area contributed by atoms with E-state index < -0.39 is 5.54 Å². The number of methoxy groups -OCH3 is 1. The fourth-order valence-corrected chi connectivity index (χ4v) is 2.03. The van der Waals surface area contributed by atoms with E-state index in [1.54, 1.807) is 0 Å². The number of rotatable bonds is 4. The molecule has 106 valence electrons. The number of hydrogen-bond donors (Lipinski definition) is 0. The van der Waals surface area contributed by atoms with Gasteiger partial charge in [-0.1, -0.05) is 26.0 Å². The molecule has 0 spiro atoms. The lowest BCUT2D eigenvalue weighted by molar-refractivity contribution is -0.145. The van der Waals surface area contributed by atoms with Crippen LogP contribution in [0.5, 0.6) is 0 Å². The molecule has 0 fully saturated rings. The van der Waals surface area contributed by atoms with Gasteiger partial charge in [-0.2, -0.15) is 0 Å². The molecule has 0 aromatic heterocycles. The van der Waals surface area contributed by atoms with Crippen LogP contribution in [0, 0.1) is 6.92 Å². The Morgan fingerprint density at radius 2 is 1.89 bits per heavy atom. The van der Waals surface area contributed by atoms with Crippen molar-refractivity contribution in [1.29, 1.82) is 0 Å². The molecule has 0 atom stereocenters. The van der Waals surface area contributed by atoms with Crippen LogP contribution in [0.2, 0.25) is 0 Å². The second kappa shape index (κ2) is 5.64. The van der Waals surface area contributed by atoms with Crippen LogP contribution < -0.4 is 4.90 Å². The van der Waals surface area contributed by atoms with Crippen molar-refractivity contribution in [1.82, 2.24) is 0 Å². The van der Waals surface area contributed by atoms with Gasteiger partial charge in [-0.25, -0.2) is 4.79 Å². The fourth-order valence-electron chi connectivity index (χ4n) is 2.03. The number of benzene rings is 1. The number of likely N-dealkylation sites (N-methyl/N-ethyl adjacent to an activating group) is 1. The van der Waals surface area contributed by atoms with Gasteiger partial charge in [0.2, 0.25) is 0 Å². The van der Waals surface area contributed by atoms with Crippen molar-refractivity contribution in [2.75, 3.05) is 19.1 Å². The lowest BCUT2D eigenvalue weighted by Crippen LogP contribution is -2.49. The Balaban J connectivity index is 3.22. The first-order chi connectivity index (χ1) is 8.71. The summed E-state index contributed by atoms with van der Waals surface area (Å²) in [5.41, 5.74) is 2.81. The van der Waals surface area contributed by atoms with Gasteiger partial charge in [0.25, 0.3) is 0 Å². The highest BCUT2D eigenvalue weighted by molar-refractivity contribution is 5.84. The number of anilines is 1. The summed E-state index contributed by atoms with van der Waals surface area (Å²) in [4.78, 5) is 13.9. The molecule has 0 amide bonds. The minimum Gasteiger partial charge on any atom is -0.467 e. The van der Waals surface area contributed by atoms with Gasteiger partial charge in [0, 0.05) is 12.7 Å². The highest BCUT2D eigenvalue weighted by Gasteiger charge is 2.34. The van der Waals surface area contributed by atoms with Crippen molar-refractivity contribution in [2.45, 2.75) is 46.1 Å². The van der Waals surface area contributed by atoms with Gasteiger partial charge >= 0.3 is 5.97 Å². The topological polar surface area (TPSA) is 29.5 Å². The standard InChI is InChI=1S/C16H25NO2/c1-11(2)13-9-8-12(3)14(10-13)17(6)16(4,5)15(18)19-7/h8-11H,1-7H3. The second-order valence-corrected chi connectivity index (χ2v) is 5.81. The zero-order chi connectivity index (χ0) is 14.8. The molecule has 0 unspecified atom stereocenters. The summed E-state index contributed by atoms with van der Waals surface area (Å²) in [7, 11) is 3.36. The van der Waals surface area contributed by atoms with E-state index in [1.807, 2.05) is 25.8 Å². The molecule has 0 radical (unpaired) electrons. The minimum absolute atomic E-state index is 0.232. The zero-order valence-electron chi connectivity index (χ0n) is 13.1. The monoisotopic (exact) mass is 263 g/mol. The molecule has 1 aromatic carbocycles. The maximum atomic E-state index is 11.9. The molecule has 0 heterocycles. The molecule has 0 saturated heterocycles. The first kappa shape index (κ1) is 15.5. The van der Waals surface area contributed by atoms with E-state index in [0.29, 0.717) is 5.92 Å². The van der Waals surface area contributed by atoms with Gasteiger partial charge in [-0.3, -0.25) is 0 Å². The van der Waals surface area contributed by atoms with E-state index in [9.17, 15) is 4.79 Å². The molecule has 0 aliphatic carbocycles. The van der Waals surface area contributed by atoms with E-state index in [2.05, 4.69) is 39.0 Å². The zero-order valence-corrected chi connectivity index (χ0v) is 13.1. The van der Waals surface area contributed by atoms with E-state index in [0.717, 1.165) is 11.3 Å². The van der Waals surface area contributed by atoms with Crippen molar-refractivity contribution in [2.24, 2.45) is 0 Å². The summed E-state index contributed by atoms with van der Waals surface area (Å²) >= 11 is 0. The molecule has 0 saturated carbocycles. The van der Waals surface area contributed by atoms with E-state index in [-0.39, 0.29) is 5.97 Å². The summed E-state index contributed by atoms with van der Waals surface area (Å²) in [5, 5.41) is 0. The molecule has 3 nitrogen and oxygen atoms in total. The highest BCUT2D eigenvalue weighted by Crippen LogP contribution is 2.29. The first-order valence-electron chi connectivity index (χ1n) is 6.64. The number of esters is 1. The van der Waals surface area contributed by atoms with Crippen molar-refractivity contribution < 1.29 is 9.53 Å². The van der Waals surface area contributed by atoms with Crippen LogP contribution in [0.15, 0.2) is 18.2 Å². The van der Waals surface area contributed by atoms with Gasteiger partial charge in [-0.15, -0.1) is 0 Å². The number of hydrogen-bond acceptors (Lipinski definition) is 3. The molecule has 19 heavy (non-hydrogen) atoms. The molecule has 1 aromatic rings. The lowest BCUT2D eigenvalue weighted by Gasteiger charge is -2.36. The van der Waals surface area contributed by atoms with Crippen LogP contribution in [-0.2, 0) is 9.53 Å². The molecular weight excluding hydrogens is 238 g/mol. The quantitative estimate of drug-likeness (QED) is 0.779. The molecule has 0 aliphatic heterocycles. The van der Waals surface area contributed by atoms with Crippen LogP contribution in [0.3, 0.4) is 0 Å². The third kappa shape index (κ3) is 3.09. The Kier molecular flexibility index (Phi) is 4.61. The number of ether oxygens (including phenoxy) is 1. The average molecular weight is 263 g/mol. The summed E-state index contributed by atoms with van der Waals surface area (Å²) in [5.74, 6) is 0.235. The molecule has 0 aliphatic rings. The Bertz CT molecular complexity index is 464. The molecule has 0 N–H and O–H groups in total. The van der Waals surface area contributed by atoms with Gasteiger partial charge in [0.05, 0.1) is 7.11 Å². The predicted molar refractivity (Wildman–Crippen MR) is 79.8 cm³/mol. The molecule has 3 heteroatoms. The number of nitrogens with zero attached hydrogens (tertiary/aromatic N) is 1. The number of aryl methyl sites for hydroxylation is 1. The predicted octanol–water partition coefficient (Wildman–Crippen LogP) is 3.51. The normalized spacial score (nSPS) is 11.6. The van der Waals surface area contributed by atoms with Crippen LogP contribution in [0.1, 0.15) is 44.7 Å². The molecular formula is C16H25NO2. The molecule has 0 bridgehead atoms. The SMILES string of the molecule is COC(=O)C(C)(C)N(C)c1cc(C(C)C)ccc1C. The summed E-state index contributed by atoms with van der Waals surface area (Å²) < 4.78 is 4.89. The van der Waals surface area contributed by atoms with Gasteiger partial charge < -0.3 is 9.64 Å². The Hall–Kier alpha value is -1.51. The fraction of sp³-hybridized carbons (Fsp3) is 0.562. The van der Waals surface area contributed by atoms with Crippen molar-refractivity contribution in [3.63, 3.8) is 0 Å². The van der Waals surface area contributed by atoms with E-state index in [4.69, 9.17) is 4.74 Å². The largest absolute Gasteiger partial charge is 0.467 e. The van der Waals surface area contributed by atoms with Crippen LogP contribution >= 0.6 is 0 Å². The maximum absolute atomic E-state index is 11.9. The third-order valence-corrected chi connectivity index (χ3v) is 3.78. The lowest BCUT2D eigenvalue weighted by atomic mass is 9.97. The number of carbonyl (C=O) groups is 1. The van der Waals surface area contributed by atoms with Crippen molar-refractivity contribution in [3.8, 4) is 0 Å². The van der Waals surface area contributed by atoms with Crippen molar-refractivity contribution in [3.05, 3.63) is 29.3 Å². The average Bonchev–Trinajstić information content (AvgIpc) is 2.36. The first-order valence-corrected chi connectivity index (χ1v) is 6.64. The van der Waals surface area contributed by atoms with E-state index in [1.165, 1.54) is 12.7 Å². The van der Waals surface area contributed by atoms with Gasteiger partial charge in [0.15, 0.2) is 0 Å². The third-order valence-electron chi connectivity index (χ3n) is 3.78. The summed E-state index contributed by atoms with van der Waals surface area (Å²) in [6.45, 7) is 10.1. The highest BCUT2D eigenvalue weighted by atomic mass is 16.5. The van der Waals surface area contributed by atoms with Gasteiger partial charge in [-0.05, 0) is 43.9 Å². The minimum atomic E-state index is -0.685. The Labute approximate surface area is 116 Å². The van der Waals surface area contributed by atoms with Gasteiger partial charge in [0.1, 0.15) is 5.54 Å². The Morgan fingerprint density at radius 1 is 1.32 bits per heavy atom. The van der Waals surface area contributed by atoms with Crippen LogP contribution in [0.25, 0.3) is 0 Å². The molecule has 1 rings (SSSR count). The summed E-state index contributed by atoms with van der Waals surface area (Å²) in [6, 6.07) is 6.40. The van der Waals surface area contributed by atoms with E-state index >= 15 is 0 Å².